The van der Waals surface area contributed by atoms with Crippen LogP contribution in [0.25, 0.3) is 10.9 Å². The van der Waals surface area contributed by atoms with Gasteiger partial charge in [0.1, 0.15) is 0 Å². The largest absolute Gasteiger partial charge is 0.494 e. The molecule has 4 nitrogen and oxygen atoms in total. The van der Waals surface area contributed by atoms with Crippen LogP contribution in [-0.2, 0) is 9.31 Å². The van der Waals surface area contributed by atoms with Gasteiger partial charge in [-0.25, -0.2) is 0 Å². The van der Waals surface area contributed by atoms with Crippen molar-refractivity contribution in [3.8, 4) is 0 Å². The van der Waals surface area contributed by atoms with Crippen LogP contribution in [0, 0.1) is 0 Å². The van der Waals surface area contributed by atoms with Crippen LogP contribution in [0.5, 0.6) is 0 Å². The van der Waals surface area contributed by atoms with Crippen LogP contribution in [-0.4, -0.2) is 28.8 Å². The first kappa shape index (κ1) is 14.4. The molecule has 1 fully saturated rings. The fourth-order valence-corrected chi connectivity index (χ4v) is 2.55. The Morgan fingerprint density at radius 1 is 1.10 bits per heavy atom. The molecule has 0 amide bonds. The molecule has 1 saturated heterocycles. The summed E-state index contributed by atoms with van der Waals surface area (Å²) in [5.74, 6) is -0.00364. The molecular formula is C16H20BNO3. The molecule has 0 unspecified atom stereocenters. The van der Waals surface area contributed by atoms with Crippen molar-refractivity contribution in [2.45, 2.75) is 45.8 Å². The van der Waals surface area contributed by atoms with Gasteiger partial charge >= 0.3 is 7.12 Å². The van der Waals surface area contributed by atoms with Gasteiger partial charge in [-0.05, 0) is 45.3 Å². The van der Waals surface area contributed by atoms with Crippen molar-refractivity contribution < 1.29 is 14.1 Å². The second kappa shape index (κ2) is 4.45. The maximum atomic E-state index is 11.7. The number of rotatable bonds is 1. The molecule has 0 aliphatic carbocycles. The lowest BCUT2D eigenvalue weighted by Crippen LogP contribution is -2.41. The summed E-state index contributed by atoms with van der Waals surface area (Å²) in [6, 6.07) is 7.90. The summed E-state index contributed by atoms with van der Waals surface area (Å²) in [7, 11) is -0.408. The Balaban J connectivity index is 2.03. The highest BCUT2D eigenvalue weighted by Gasteiger charge is 2.51. The summed E-state index contributed by atoms with van der Waals surface area (Å²) in [6.07, 6.45) is 1.79. The van der Waals surface area contributed by atoms with Gasteiger partial charge in [-0.1, -0.05) is 12.1 Å². The van der Waals surface area contributed by atoms with Crippen LogP contribution in [0.15, 0.2) is 30.5 Å². The average molecular weight is 285 g/mol. The van der Waals surface area contributed by atoms with Gasteiger partial charge in [-0.15, -0.1) is 0 Å². The molecule has 0 spiro atoms. The van der Waals surface area contributed by atoms with Crippen molar-refractivity contribution in [3.05, 3.63) is 30.5 Å². The molecule has 5 heteroatoms. The van der Waals surface area contributed by atoms with Crippen molar-refractivity contribution in [2.75, 3.05) is 0 Å². The second-order valence-electron chi connectivity index (χ2n) is 6.61. The van der Waals surface area contributed by atoms with Gasteiger partial charge < -0.3 is 9.31 Å². The van der Waals surface area contributed by atoms with Crippen molar-refractivity contribution >= 4 is 29.4 Å². The predicted molar refractivity (Wildman–Crippen MR) is 84.0 cm³/mol. The molecule has 2 aromatic rings. The summed E-state index contributed by atoms with van der Waals surface area (Å²) < 4.78 is 13.8. The van der Waals surface area contributed by atoms with E-state index in [9.17, 15) is 4.79 Å². The minimum absolute atomic E-state index is 0.00364. The monoisotopic (exact) mass is 285 g/mol. The van der Waals surface area contributed by atoms with E-state index in [1.165, 1.54) is 0 Å². The van der Waals surface area contributed by atoms with Crippen molar-refractivity contribution in [3.63, 3.8) is 0 Å². The highest BCUT2D eigenvalue weighted by molar-refractivity contribution is 6.62. The molecule has 0 atom stereocenters. The SMILES string of the molecule is CC(=O)n1ccc2ccc(B3OC(C)(C)C(C)(C)O3)cc21. The third-order valence-corrected chi connectivity index (χ3v) is 4.58. The van der Waals surface area contributed by atoms with Crippen LogP contribution in [0.4, 0.5) is 0 Å². The average Bonchev–Trinajstić information content (AvgIpc) is 2.87. The molecule has 110 valence electrons. The second-order valence-corrected chi connectivity index (χ2v) is 6.61. The molecular weight excluding hydrogens is 265 g/mol. The lowest BCUT2D eigenvalue weighted by molar-refractivity contribution is 0.00578. The molecule has 2 heterocycles. The number of hydrogen-bond acceptors (Lipinski definition) is 3. The Bertz CT molecular complexity index is 701. The lowest BCUT2D eigenvalue weighted by atomic mass is 9.79. The Morgan fingerprint density at radius 2 is 1.71 bits per heavy atom. The summed E-state index contributed by atoms with van der Waals surface area (Å²) in [5.41, 5.74) is 1.08. The van der Waals surface area contributed by atoms with E-state index in [1.54, 1.807) is 17.7 Å². The minimum Gasteiger partial charge on any atom is -0.399 e. The number of benzene rings is 1. The smallest absolute Gasteiger partial charge is 0.399 e. The highest BCUT2D eigenvalue weighted by Crippen LogP contribution is 2.36. The minimum atomic E-state index is -0.408. The number of hydrogen-bond donors (Lipinski definition) is 0. The Morgan fingerprint density at radius 3 is 2.29 bits per heavy atom. The van der Waals surface area contributed by atoms with E-state index in [1.807, 2.05) is 52.0 Å². The van der Waals surface area contributed by atoms with Crippen molar-refractivity contribution in [1.29, 1.82) is 0 Å². The lowest BCUT2D eigenvalue weighted by Gasteiger charge is -2.32. The molecule has 1 aliphatic heterocycles. The fourth-order valence-electron chi connectivity index (χ4n) is 2.55. The number of aromatic nitrogens is 1. The molecule has 1 aromatic carbocycles. The highest BCUT2D eigenvalue weighted by atomic mass is 16.7. The van der Waals surface area contributed by atoms with E-state index in [0.717, 1.165) is 16.4 Å². The Kier molecular flexibility index (Phi) is 3.04. The summed E-state index contributed by atoms with van der Waals surface area (Å²) in [4.78, 5) is 11.7. The van der Waals surface area contributed by atoms with Gasteiger partial charge in [0.2, 0.25) is 5.91 Å². The van der Waals surface area contributed by atoms with Gasteiger partial charge in [-0.3, -0.25) is 9.36 Å². The zero-order valence-corrected chi connectivity index (χ0v) is 13.1. The first-order valence-electron chi connectivity index (χ1n) is 7.19. The normalized spacial score (nSPS) is 20.1. The summed E-state index contributed by atoms with van der Waals surface area (Å²) in [5, 5.41) is 1.03. The number of carbonyl (C=O) groups is 1. The van der Waals surface area contributed by atoms with Gasteiger partial charge in [0, 0.05) is 18.5 Å². The first-order valence-corrected chi connectivity index (χ1v) is 7.19. The Hall–Kier alpha value is -1.59. The number of nitrogens with zero attached hydrogens (tertiary/aromatic N) is 1. The van der Waals surface area contributed by atoms with Crippen LogP contribution in [0.2, 0.25) is 0 Å². The molecule has 3 rings (SSSR count). The van der Waals surface area contributed by atoms with Crippen LogP contribution in [0.1, 0.15) is 39.4 Å². The van der Waals surface area contributed by atoms with Gasteiger partial charge in [0.05, 0.1) is 16.7 Å². The Labute approximate surface area is 125 Å². The molecule has 1 aromatic heterocycles. The maximum Gasteiger partial charge on any atom is 0.494 e. The number of carbonyl (C=O) groups excluding carboxylic acids is 1. The quantitative estimate of drug-likeness (QED) is 0.756. The summed E-state index contributed by atoms with van der Waals surface area (Å²) in [6.45, 7) is 9.68. The predicted octanol–water partition coefficient (Wildman–Crippen LogP) is 2.60. The maximum absolute atomic E-state index is 11.7. The topological polar surface area (TPSA) is 40.5 Å². The summed E-state index contributed by atoms with van der Waals surface area (Å²) >= 11 is 0. The van der Waals surface area contributed by atoms with E-state index in [-0.39, 0.29) is 17.1 Å². The van der Waals surface area contributed by atoms with Crippen molar-refractivity contribution in [2.24, 2.45) is 0 Å². The van der Waals surface area contributed by atoms with Gasteiger partial charge in [0.15, 0.2) is 0 Å². The zero-order chi connectivity index (χ0) is 15.4. The van der Waals surface area contributed by atoms with E-state index < -0.39 is 7.12 Å². The third-order valence-electron chi connectivity index (χ3n) is 4.58. The first-order chi connectivity index (χ1) is 9.71. The van der Waals surface area contributed by atoms with Crippen molar-refractivity contribution in [1.82, 2.24) is 4.57 Å². The fraction of sp³-hybridized carbons (Fsp3) is 0.438. The molecule has 0 bridgehead atoms. The van der Waals surface area contributed by atoms with E-state index in [4.69, 9.17) is 9.31 Å². The molecule has 1 aliphatic rings. The van der Waals surface area contributed by atoms with Crippen LogP contribution in [0.3, 0.4) is 0 Å². The zero-order valence-electron chi connectivity index (χ0n) is 13.1. The van der Waals surface area contributed by atoms with E-state index >= 15 is 0 Å². The van der Waals surface area contributed by atoms with Gasteiger partial charge in [-0.2, -0.15) is 0 Å². The standard InChI is InChI=1S/C16H20BNO3/c1-11(19)18-9-8-12-6-7-13(10-14(12)18)17-20-15(2,3)16(4,5)21-17/h6-10H,1-5H3. The molecule has 21 heavy (non-hydrogen) atoms. The van der Waals surface area contributed by atoms with E-state index in [2.05, 4.69) is 0 Å². The molecule has 0 N–H and O–H groups in total. The van der Waals surface area contributed by atoms with Crippen LogP contribution < -0.4 is 5.46 Å². The number of fused-ring (bicyclic) bond motifs is 1. The molecule has 0 saturated carbocycles. The van der Waals surface area contributed by atoms with E-state index in [0.29, 0.717) is 0 Å². The van der Waals surface area contributed by atoms with Crippen LogP contribution >= 0.6 is 0 Å². The molecule has 0 radical (unpaired) electrons. The van der Waals surface area contributed by atoms with Gasteiger partial charge in [0.25, 0.3) is 0 Å². The third kappa shape index (κ3) is 2.21.